The van der Waals surface area contributed by atoms with Crippen LogP contribution in [0.5, 0.6) is 0 Å². The third-order valence-electron chi connectivity index (χ3n) is 13.6. The number of hydrogen-bond donors (Lipinski definition) is 0. The van der Waals surface area contributed by atoms with Gasteiger partial charge >= 0.3 is 0 Å². The Bertz CT molecular complexity index is 3240. The molecule has 0 N–H and O–H groups in total. The van der Waals surface area contributed by atoms with Crippen molar-refractivity contribution >= 4 is 99.1 Å². The molecule has 61 heavy (non-hydrogen) atoms. The highest BCUT2D eigenvalue weighted by Crippen LogP contribution is 2.51. The first-order chi connectivity index (χ1) is 29.9. The van der Waals surface area contributed by atoms with Crippen LogP contribution in [0.15, 0.2) is 182 Å². The predicted molar refractivity (Wildman–Crippen MR) is 265 cm³/mol. The third-order valence-corrected chi connectivity index (χ3v) is 16.4. The molecule has 9 aromatic rings. The van der Waals surface area contributed by atoms with Gasteiger partial charge in [0.25, 0.3) is 0 Å². The van der Waals surface area contributed by atoms with Crippen molar-refractivity contribution < 1.29 is 0 Å². The van der Waals surface area contributed by atoms with E-state index in [0.717, 1.165) is 5.69 Å². The molecule has 2 heterocycles. The zero-order valence-electron chi connectivity index (χ0n) is 34.6. The van der Waals surface area contributed by atoms with Gasteiger partial charge in [-0.15, -0.1) is 0 Å². The molecule has 2 nitrogen and oxygen atoms in total. The smallest absolute Gasteiger partial charge is 0.105 e. The Morgan fingerprint density at radius 2 is 0.885 bits per heavy atom. The number of fused-ring (bicyclic) bond motifs is 10. The molecule has 0 radical (unpaired) electrons. The van der Waals surface area contributed by atoms with E-state index >= 15 is 0 Å². The van der Waals surface area contributed by atoms with Crippen molar-refractivity contribution in [1.29, 1.82) is 0 Å². The minimum atomic E-state index is -1.28. The summed E-state index contributed by atoms with van der Waals surface area (Å²) in [5.74, 6) is 0. The number of anilines is 6. The topological polar surface area (TPSA) is 6.48 Å². The SMILES string of the molecule is C[SiH]1c2ccccc2N(c2ccc3c(c2)C(C)(C)c2cc(C=Cc4ccc5c(ccc6cc(N7c8ccccc8C=Cc8ccccc87)ccc65)c4)ccc2-3)c2ccccc21. The molecule has 3 heteroatoms. The van der Waals surface area contributed by atoms with Crippen molar-refractivity contribution in [3.05, 3.63) is 215 Å². The Labute approximate surface area is 359 Å². The number of nitrogens with zero attached hydrogens (tertiary/aromatic N) is 2. The fraction of sp³-hybridized carbons (Fsp3) is 0.0690. The first kappa shape index (κ1) is 35.7. The second-order valence-electron chi connectivity index (χ2n) is 17.4. The van der Waals surface area contributed by atoms with Crippen molar-refractivity contribution in [2.45, 2.75) is 25.8 Å². The summed E-state index contributed by atoms with van der Waals surface area (Å²) >= 11 is 0. The van der Waals surface area contributed by atoms with Gasteiger partial charge in [0.05, 0.1) is 11.4 Å². The van der Waals surface area contributed by atoms with Crippen molar-refractivity contribution in [2.75, 3.05) is 9.80 Å². The van der Waals surface area contributed by atoms with Crippen molar-refractivity contribution in [2.24, 2.45) is 0 Å². The van der Waals surface area contributed by atoms with Gasteiger partial charge in [0.15, 0.2) is 0 Å². The van der Waals surface area contributed by atoms with E-state index in [1.807, 2.05) is 0 Å². The predicted octanol–water partition coefficient (Wildman–Crippen LogP) is 14.2. The molecule has 0 fully saturated rings. The number of hydrogen-bond acceptors (Lipinski definition) is 2. The van der Waals surface area contributed by atoms with Crippen LogP contribution >= 0.6 is 0 Å². The molecule has 0 atom stereocenters. The lowest BCUT2D eigenvalue weighted by Gasteiger charge is -2.36. The van der Waals surface area contributed by atoms with Gasteiger partial charge in [-0.2, -0.15) is 0 Å². The van der Waals surface area contributed by atoms with Crippen LogP contribution in [0.25, 0.3) is 57.0 Å². The number of rotatable bonds is 4. The average molecular weight is 797 g/mol. The van der Waals surface area contributed by atoms with Gasteiger partial charge in [0, 0.05) is 28.2 Å². The van der Waals surface area contributed by atoms with Crippen LogP contribution in [0.3, 0.4) is 0 Å². The van der Waals surface area contributed by atoms with Crippen LogP contribution in [0.1, 0.15) is 47.2 Å². The molecule has 0 amide bonds. The molecule has 0 spiro atoms. The van der Waals surface area contributed by atoms with Crippen LogP contribution in [0.2, 0.25) is 6.55 Å². The maximum Gasteiger partial charge on any atom is 0.105 e. The highest BCUT2D eigenvalue weighted by atomic mass is 28.3. The Morgan fingerprint density at radius 3 is 1.54 bits per heavy atom. The van der Waals surface area contributed by atoms with Crippen LogP contribution in [-0.2, 0) is 5.41 Å². The first-order valence-corrected chi connectivity index (χ1v) is 23.8. The Balaban J connectivity index is 0.843. The Kier molecular flexibility index (Phi) is 8.00. The summed E-state index contributed by atoms with van der Waals surface area (Å²) in [5, 5.41) is 8.03. The minimum absolute atomic E-state index is 0.137. The van der Waals surface area contributed by atoms with E-state index in [0.29, 0.717) is 0 Å². The van der Waals surface area contributed by atoms with Gasteiger partial charge in [0.1, 0.15) is 8.80 Å². The molecule has 290 valence electrons. The molecule has 3 aliphatic rings. The summed E-state index contributed by atoms with van der Waals surface area (Å²) in [6, 6.07) is 67.9. The van der Waals surface area contributed by atoms with Gasteiger partial charge in [-0.3, -0.25) is 0 Å². The van der Waals surface area contributed by atoms with E-state index in [2.05, 4.69) is 236 Å². The lowest BCUT2D eigenvalue weighted by atomic mass is 9.81. The third kappa shape index (κ3) is 5.61. The summed E-state index contributed by atoms with van der Waals surface area (Å²) in [6.45, 7) is 7.25. The average Bonchev–Trinajstić information content (AvgIpc) is 3.40. The quantitative estimate of drug-likeness (QED) is 0.0994. The Morgan fingerprint density at radius 1 is 0.426 bits per heavy atom. The first-order valence-electron chi connectivity index (χ1n) is 21.5. The van der Waals surface area contributed by atoms with E-state index in [-0.39, 0.29) is 5.41 Å². The highest BCUT2D eigenvalue weighted by Gasteiger charge is 2.37. The minimum Gasteiger partial charge on any atom is -0.311 e. The summed E-state index contributed by atoms with van der Waals surface area (Å²) in [6.07, 6.45) is 8.99. The molecule has 12 rings (SSSR count). The fourth-order valence-corrected chi connectivity index (χ4v) is 12.9. The molecular formula is C58H44N2Si. The molecule has 1 aliphatic carbocycles. The monoisotopic (exact) mass is 796 g/mol. The summed E-state index contributed by atoms with van der Waals surface area (Å²) in [7, 11) is -1.28. The molecule has 0 bridgehead atoms. The molecule has 0 saturated carbocycles. The molecule has 0 unspecified atom stereocenters. The zero-order valence-corrected chi connectivity index (χ0v) is 35.8. The van der Waals surface area contributed by atoms with Gasteiger partial charge in [-0.1, -0.05) is 172 Å². The van der Waals surface area contributed by atoms with Gasteiger partial charge in [-0.25, -0.2) is 0 Å². The van der Waals surface area contributed by atoms with E-state index in [1.54, 1.807) is 0 Å². The zero-order chi connectivity index (χ0) is 40.8. The lowest BCUT2D eigenvalue weighted by Crippen LogP contribution is -2.47. The summed E-state index contributed by atoms with van der Waals surface area (Å²) in [5.41, 5.74) is 17.6. The van der Waals surface area contributed by atoms with Crippen LogP contribution in [0, 0.1) is 0 Å². The van der Waals surface area contributed by atoms with E-state index in [9.17, 15) is 0 Å². The maximum absolute atomic E-state index is 2.50. The molecular weight excluding hydrogens is 753 g/mol. The molecule has 2 aliphatic heterocycles. The normalized spacial score (nSPS) is 14.7. The fourth-order valence-electron chi connectivity index (χ4n) is 10.4. The molecule has 0 saturated heterocycles. The van der Waals surface area contributed by atoms with Crippen LogP contribution in [-0.4, -0.2) is 8.80 Å². The van der Waals surface area contributed by atoms with Crippen LogP contribution < -0.4 is 20.2 Å². The Hall–Kier alpha value is -7.20. The van der Waals surface area contributed by atoms with E-state index < -0.39 is 8.80 Å². The van der Waals surface area contributed by atoms with E-state index in [1.165, 1.54) is 105 Å². The maximum atomic E-state index is 2.50. The summed E-state index contributed by atoms with van der Waals surface area (Å²) < 4.78 is 0. The van der Waals surface area contributed by atoms with Gasteiger partial charge < -0.3 is 9.80 Å². The number of benzene rings is 9. The number of para-hydroxylation sites is 4. The second-order valence-corrected chi connectivity index (χ2v) is 20.1. The standard InChI is InChI=1S/C58H44N2Si/c1-58(2)50-35-39(23-31-48(50)49-33-29-45(37-51(49)58)60-54-16-8-10-18-56(54)61(3)57-19-11-9-17-55(57)60)21-20-38-22-30-46-42(34-38)26-27-43-36-44(28-32-47(43)46)59-52-14-6-4-12-40(52)24-25-41-13-5-7-15-53(41)59/h4-37,61H,1-3H3. The van der Waals surface area contributed by atoms with Crippen LogP contribution in [0.4, 0.5) is 34.1 Å². The van der Waals surface area contributed by atoms with Gasteiger partial charge in [-0.05, 0) is 131 Å². The lowest BCUT2D eigenvalue weighted by molar-refractivity contribution is 0.660. The highest BCUT2D eigenvalue weighted by molar-refractivity contribution is 6.87. The van der Waals surface area contributed by atoms with Gasteiger partial charge in [0.2, 0.25) is 0 Å². The van der Waals surface area contributed by atoms with E-state index in [4.69, 9.17) is 0 Å². The van der Waals surface area contributed by atoms with Crippen molar-refractivity contribution in [1.82, 2.24) is 0 Å². The molecule has 0 aromatic heterocycles. The van der Waals surface area contributed by atoms with Crippen molar-refractivity contribution in [3.63, 3.8) is 0 Å². The van der Waals surface area contributed by atoms with Crippen molar-refractivity contribution in [3.8, 4) is 11.1 Å². The largest absolute Gasteiger partial charge is 0.311 e. The molecule has 9 aromatic carbocycles. The summed E-state index contributed by atoms with van der Waals surface area (Å²) in [4.78, 5) is 4.90. The second kappa shape index (κ2) is 13.7.